The molecule has 0 spiro atoms. The van der Waals surface area contributed by atoms with Crippen molar-refractivity contribution in [3.05, 3.63) is 59.7 Å². The van der Waals surface area contributed by atoms with Crippen LogP contribution in [0.1, 0.15) is 43.2 Å². The highest BCUT2D eigenvalue weighted by molar-refractivity contribution is 5.79. The maximum atomic E-state index is 12.4. The van der Waals surface area contributed by atoms with Crippen LogP contribution in [0.25, 0.3) is 11.1 Å². The van der Waals surface area contributed by atoms with Crippen molar-refractivity contribution in [3.63, 3.8) is 0 Å². The number of aliphatic carboxylic acids is 1. The summed E-state index contributed by atoms with van der Waals surface area (Å²) < 4.78 is 10.4. The summed E-state index contributed by atoms with van der Waals surface area (Å²) >= 11 is 0. The lowest BCUT2D eigenvalue weighted by Gasteiger charge is -2.19. The molecule has 0 radical (unpaired) electrons. The summed E-state index contributed by atoms with van der Waals surface area (Å²) in [5.74, 6) is -1.23. The van der Waals surface area contributed by atoms with Gasteiger partial charge in [-0.05, 0) is 35.1 Å². The lowest BCUT2D eigenvalue weighted by molar-refractivity contribution is -0.142. The van der Waals surface area contributed by atoms with Gasteiger partial charge in [0.15, 0.2) is 0 Å². The maximum Gasteiger partial charge on any atom is 0.407 e. The molecule has 0 aromatic heterocycles. The van der Waals surface area contributed by atoms with Gasteiger partial charge in [0.05, 0.1) is 6.61 Å². The van der Waals surface area contributed by atoms with Gasteiger partial charge >= 0.3 is 12.1 Å². The first-order valence-electron chi connectivity index (χ1n) is 11.2. The molecule has 1 atom stereocenters. The fourth-order valence-electron chi connectivity index (χ4n) is 4.00. The summed E-state index contributed by atoms with van der Waals surface area (Å²) in [5, 5.41) is 14.0. The van der Waals surface area contributed by atoms with Crippen LogP contribution in [0.2, 0.25) is 0 Å². The molecule has 1 aliphatic rings. The van der Waals surface area contributed by atoms with Crippen LogP contribution in [0.5, 0.6) is 0 Å². The molecule has 33 heavy (non-hydrogen) atoms. The van der Waals surface area contributed by atoms with Crippen LogP contribution in [-0.2, 0) is 19.1 Å². The number of carboxylic acid groups (broad SMARTS) is 1. The zero-order chi connectivity index (χ0) is 23.6. The average molecular weight is 455 g/mol. The van der Waals surface area contributed by atoms with Gasteiger partial charge in [-0.3, -0.25) is 4.79 Å². The molecule has 3 rings (SSSR count). The molecular weight excluding hydrogens is 424 g/mol. The summed E-state index contributed by atoms with van der Waals surface area (Å²) in [4.78, 5) is 34.8. The maximum absolute atomic E-state index is 12.4. The third-order valence-corrected chi connectivity index (χ3v) is 5.67. The second kappa shape index (κ2) is 12.0. The van der Waals surface area contributed by atoms with E-state index in [1.54, 1.807) is 0 Å². The minimum absolute atomic E-state index is 0.00245. The Labute approximate surface area is 193 Å². The van der Waals surface area contributed by atoms with Crippen molar-refractivity contribution >= 4 is 18.0 Å². The van der Waals surface area contributed by atoms with Crippen molar-refractivity contribution in [3.8, 4) is 11.1 Å². The molecule has 176 valence electrons. The normalized spacial score (nSPS) is 13.0. The van der Waals surface area contributed by atoms with Crippen molar-refractivity contribution in [2.24, 2.45) is 0 Å². The third kappa shape index (κ3) is 6.79. The SMILES string of the molecule is CCC(CCC(=O)NCCOCC(=O)O)NC(=O)OCC1c2ccccc2-c2ccccc21. The number of hydrogen-bond donors (Lipinski definition) is 3. The van der Waals surface area contributed by atoms with E-state index >= 15 is 0 Å². The van der Waals surface area contributed by atoms with E-state index in [2.05, 4.69) is 34.9 Å². The number of ether oxygens (including phenoxy) is 2. The molecule has 0 heterocycles. The van der Waals surface area contributed by atoms with Gasteiger partial charge in [0.25, 0.3) is 0 Å². The molecule has 0 fully saturated rings. The molecule has 1 unspecified atom stereocenters. The number of hydrogen-bond acceptors (Lipinski definition) is 5. The highest BCUT2D eigenvalue weighted by atomic mass is 16.5. The molecule has 2 aromatic carbocycles. The van der Waals surface area contributed by atoms with Crippen molar-refractivity contribution in [1.29, 1.82) is 0 Å². The average Bonchev–Trinajstić information content (AvgIpc) is 3.13. The van der Waals surface area contributed by atoms with Crippen LogP contribution >= 0.6 is 0 Å². The number of carboxylic acids is 1. The molecular formula is C25H30N2O6. The number of carbonyl (C=O) groups excluding carboxylic acids is 2. The molecule has 0 saturated carbocycles. The first-order valence-corrected chi connectivity index (χ1v) is 11.2. The van der Waals surface area contributed by atoms with Gasteiger partial charge < -0.3 is 25.2 Å². The van der Waals surface area contributed by atoms with Crippen molar-refractivity contribution < 1.29 is 29.0 Å². The van der Waals surface area contributed by atoms with Crippen LogP contribution in [-0.4, -0.2) is 55.5 Å². The van der Waals surface area contributed by atoms with Gasteiger partial charge in [-0.1, -0.05) is 55.5 Å². The van der Waals surface area contributed by atoms with Crippen molar-refractivity contribution in [1.82, 2.24) is 10.6 Å². The first-order chi connectivity index (χ1) is 16.0. The standard InChI is InChI=1S/C25H30N2O6/c1-2-17(11-12-23(28)26-13-14-32-16-24(29)30)27-25(31)33-15-22-20-9-5-3-7-18(20)19-8-4-6-10-21(19)22/h3-10,17,22H,2,11-16H2,1H3,(H,26,28)(H,27,31)(H,29,30). The minimum atomic E-state index is -1.05. The van der Waals surface area contributed by atoms with Gasteiger partial charge in [-0.25, -0.2) is 9.59 Å². The lowest BCUT2D eigenvalue weighted by atomic mass is 9.98. The van der Waals surface area contributed by atoms with Crippen LogP contribution in [0.4, 0.5) is 4.79 Å². The Hall–Kier alpha value is -3.39. The Bertz CT molecular complexity index is 931. The predicted octanol–water partition coefficient (Wildman–Crippen LogP) is 3.30. The molecule has 1 aliphatic carbocycles. The predicted molar refractivity (Wildman–Crippen MR) is 123 cm³/mol. The summed E-state index contributed by atoms with van der Waals surface area (Å²) in [5.41, 5.74) is 4.66. The number of alkyl carbamates (subject to hydrolysis) is 1. The van der Waals surface area contributed by atoms with Gasteiger partial charge in [0, 0.05) is 24.9 Å². The van der Waals surface area contributed by atoms with E-state index in [4.69, 9.17) is 14.6 Å². The largest absolute Gasteiger partial charge is 0.480 e. The fraction of sp³-hybridized carbons (Fsp3) is 0.400. The van der Waals surface area contributed by atoms with Gasteiger partial charge in [-0.15, -0.1) is 0 Å². The second-order valence-corrected chi connectivity index (χ2v) is 7.91. The van der Waals surface area contributed by atoms with E-state index in [0.717, 1.165) is 11.1 Å². The molecule has 8 nitrogen and oxygen atoms in total. The second-order valence-electron chi connectivity index (χ2n) is 7.91. The zero-order valence-electron chi connectivity index (χ0n) is 18.7. The van der Waals surface area contributed by atoms with Crippen LogP contribution in [0.15, 0.2) is 48.5 Å². The van der Waals surface area contributed by atoms with Gasteiger partial charge in [0.1, 0.15) is 13.2 Å². The highest BCUT2D eigenvalue weighted by Crippen LogP contribution is 2.44. The molecule has 8 heteroatoms. The van der Waals surface area contributed by atoms with E-state index in [0.29, 0.717) is 12.8 Å². The summed E-state index contributed by atoms with van der Waals surface area (Å²) in [6.07, 6.45) is 0.884. The quantitative estimate of drug-likeness (QED) is 0.424. The van der Waals surface area contributed by atoms with Crippen LogP contribution < -0.4 is 10.6 Å². The number of nitrogens with one attached hydrogen (secondary N) is 2. The van der Waals surface area contributed by atoms with Crippen molar-refractivity contribution in [2.45, 2.75) is 38.1 Å². The van der Waals surface area contributed by atoms with E-state index < -0.39 is 18.7 Å². The molecule has 0 aliphatic heterocycles. The number of benzene rings is 2. The Kier molecular flexibility index (Phi) is 8.83. The Balaban J connectivity index is 1.42. The van der Waals surface area contributed by atoms with Crippen LogP contribution in [0, 0.1) is 0 Å². The molecule has 2 aromatic rings. The minimum Gasteiger partial charge on any atom is -0.480 e. The van der Waals surface area contributed by atoms with E-state index in [-0.39, 0.29) is 44.0 Å². The van der Waals surface area contributed by atoms with E-state index in [1.807, 2.05) is 31.2 Å². The monoisotopic (exact) mass is 454 g/mol. The molecule has 3 N–H and O–H groups in total. The molecule has 0 bridgehead atoms. The third-order valence-electron chi connectivity index (χ3n) is 5.67. The topological polar surface area (TPSA) is 114 Å². The summed E-state index contributed by atoms with van der Waals surface area (Å²) in [6, 6.07) is 16.1. The van der Waals surface area contributed by atoms with E-state index in [1.165, 1.54) is 11.1 Å². The molecule has 0 saturated heterocycles. The zero-order valence-corrected chi connectivity index (χ0v) is 18.7. The van der Waals surface area contributed by atoms with Gasteiger partial charge in [-0.2, -0.15) is 0 Å². The molecule has 2 amide bonds. The number of fused-ring (bicyclic) bond motifs is 3. The summed E-state index contributed by atoms with van der Waals surface area (Å²) in [6.45, 7) is 2.16. The number of carbonyl (C=O) groups is 3. The Morgan fingerprint density at radius 3 is 2.27 bits per heavy atom. The van der Waals surface area contributed by atoms with Crippen LogP contribution in [0.3, 0.4) is 0 Å². The number of rotatable bonds is 12. The summed E-state index contributed by atoms with van der Waals surface area (Å²) in [7, 11) is 0. The number of amides is 2. The van der Waals surface area contributed by atoms with E-state index in [9.17, 15) is 14.4 Å². The van der Waals surface area contributed by atoms with Gasteiger partial charge in [0.2, 0.25) is 5.91 Å². The highest BCUT2D eigenvalue weighted by Gasteiger charge is 2.29. The smallest absolute Gasteiger partial charge is 0.407 e. The first kappa shape index (κ1) is 24.3. The Morgan fingerprint density at radius 1 is 1.03 bits per heavy atom. The fourth-order valence-corrected chi connectivity index (χ4v) is 4.00. The lowest BCUT2D eigenvalue weighted by Crippen LogP contribution is -2.37. The Morgan fingerprint density at radius 2 is 1.67 bits per heavy atom. The van der Waals surface area contributed by atoms with Crippen molar-refractivity contribution in [2.75, 3.05) is 26.4 Å².